The number of sulfonamides is 1. The minimum atomic E-state index is -3.79. The molecule has 0 spiro atoms. The molecule has 0 aliphatic heterocycles. The molecule has 0 unspecified atom stereocenters. The van der Waals surface area contributed by atoms with Crippen molar-refractivity contribution in [2.75, 3.05) is 10.5 Å². The largest absolute Gasteiger partial charge is 0.398 e. The number of nitrogens with two attached hydrogens (primary N) is 1. The van der Waals surface area contributed by atoms with Crippen LogP contribution in [0.4, 0.5) is 15.8 Å². The number of nitrogen functional groups attached to an aromatic ring is 1. The minimum absolute atomic E-state index is 0.0897. The second kappa shape index (κ2) is 5.65. The van der Waals surface area contributed by atoms with Gasteiger partial charge in [-0.1, -0.05) is 0 Å². The average molecular weight is 373 g/mol. The third-order valence-electron chi connectivity index (χ3n) is 3.02. The molecule has 0 aliphatic carbocycles. The number of aryl methyl sites for hydroxylation is 2. The van der Waals surface area contributed by atoms with Crippen molar-refractivity contribution in [3.05, 3.63) is 51.7 Å². The van der Waals surface area contributed by atoms with Gasteiger partial charge in [0.05, 0.1) is 10.6 Å². The molecule has 0 amide bonds. The number of hydrogen-bond acceptors (Lipinski definition) is 3. The molecule has 0 atom stereocenters. The third-order valence-corrected chi connectivity index (χ3v) is 5.21. The molecule has 7 heteroatoms. The van der Waals surface area contributed by atoms with Crippen LogP contribution in [0.1, 0.15) is 11.1 Å². The normalized spacial score (nSPS) is 11.4. The Bertz CT molecular complexity index is 807. The lowest BCUT2D eigenvalue weighted by molar-refractivity contribution is 0.600. The van der Waals surface area contributed by atoms with E-state index in [1.165, 1.54) is 24.3 Å². The number of anilines is 2. The Kier molecular flexibility index (Phi) is 4.25. The van der Waals surface area contributed by atoms with Crippen molar-refractivity contribution >= 4 is 37.3 Å². The lowest BCUT2D eigenvalue weighted by Gasteiger charge is -2.13. The molecule has 112 valence electrons. The second-order valence-electron chi connectivity index (χ2n) is 4.70. The molecule has 2 aromatic rings. The fraction of sp³-hybridized carbons (Fsp3) is 0.143. The van der Waals surface area contributed by atoms with Crippen molar-refractivity contribution in [3.63, 3.8) is 0 Å². The summed E-state index contributed by atoms with van der Waals surface area (Å²) in [4.78, 5) is 0.0897. The van der Waals surface area contributed by atoms with E-state index < -0.39 is 15.8 Å². The molecule has 0 radical (unpaired) electrons. The van der Waals surface area contributed by atoms with E-state index in [9.17, 15) is 12.8 Å². The lowest BCUT2D eigenvalue weighted by Crippen LogP contribution is -2.15. The zero-order chi connectivity index (χ0) is 15.8. The molecule has 0 bridgehead atoms. The molecule has 21 heavy (non-hydrogen) atoms. The van der Waals surface area contributed by atoms with Gasteiger partial charge in [0.15, 0.2) is 0 Å². The average Bonchev–Trinajstić information content (AvgIpc) is 2.37. The molecule has 0 aliphatic rings. The van der Waals surface area contributed by atoms with Crippen LogP contribution in [0.5, 0.6) is 0 Å². The number of halogens is 2. The zero-order valence-corrected chi connectivity index (χ0v) is 13.8. The van der Waals surface area contributed by atoms with E-state index in [2.05, 4.69) is 20.7 Å². The van der Waals surface area contributed by atoms with Crippen LogP contribution in [0.2, 0.25) is 0 Å². The van der Waals surface area contributed by atoms with Gasteiger partial charge in [-0.3, -0.25) is 4.72 Å². The smallest absolute Gasteiger partial charge is 0.262 e. The van der Waals surface area contributed by atoms with Crippen LogP contribution >= 0.6 is 15.9 Å². The molecule has 0 fully saturated rings. The van der Waals surface area contributed by atoms with Crippen LogP contribution in [-0.2, 0) is 10.0 Å². The maximum Gasteiger partial charge on any atom is 0.262 e. The minimum Gasteiger partial charge on any atom is -0.398 e. The first-order valence-corrected chi connectivity index (χ1v) is 8.33. The molecule has 4 nitrogen and oxygen atoms in total. The summed E-state index contributed by atoms with van der Waals surface area (Å²) in [5, 5.41) is 0. The van der Waals surface area contributed by atoms with Crippen LogP contribution in [0, 0.1) is 19.7 Å². The van der Waals surface area contributed by atoms with Gasteiger partial charge in [-0.2, -0.15) is 0 Å². The van der Waals surface area contributed by atoms with E-state index in [4.69, 9.17) is 5.73 Å². The summed E-state index contributed by atoms with van der Waals surface area (Å²) in [6.45, 7) is 3.31. The van der Waals surface area contributed by atoms with Crippen molar-refractivity contribution in [3.8, 4) is 0 Å². The fourth-order valence-electron chi connectivity index (χ4n) is 1.90. The Morgan fingerprint density at radius 3 is 2.43 bits per heavy atom. The van der Waals surface area contributed by atoms with E-state index in [0.29, 0.717) is 27.0 Å². The molecular weight excluding hydrogens is 359 g/mol. The predicted molar refractivity (Wildman–Crippen MR) is 85.2 cm³/mol. The van der Waals surface area contributed by atoms with Gasteiger partial charge in [0.2, 0.25) is 0 Å². The Morgan fingerprint density at radius 2 is 1.81 bits per heavy atom. The summed E-state index contributed by atoms with van der Waals surface area (Å²) in [6, 6.07) is 6.89. The Morgan fingerprint density at radius 1 is 1.14 bits per heavy atom. The number of hydrogen-bond donors (Lipinski definition) is 2. The second-order valence-corrected chi connectivity index (χ2v) is 7.21. The zero-order valence-electron chi connectivity index (χ0n) is 11.4. The highest BCUT2D eigenvalue weighted by Crippen LogP contribution is 2.28. The molecule has 0 aromatic heterocycles. The van der Waals surface area contributed by atoms with Crippen LogP contribution in [-0.4, -0.2) is 8.42 Å². The van der Waals surface area contributed by atoms with Crippen LogP contribution in [0.25, 0.3) is 0 Å². The summed E-state index contributed by atoms with van der Waals surface area (Å²) < 4.78 is 41.0. The molecule has 2 aromatic carbocycles. The first kappa shape index (κ1) is 15.8. The number of rotatable bonds is 3. The quantitative estimate of drug-likeness (QED) is 0.808. The van der Waals surface area contributed by atoms with Gasteiger partial charge in [-0.25, -0.2) is 12.8 Å². The highest BCUT2D eigenvalue weighted by molar-refractivity contribution is 9.10. The molecule has 2 rings (SSSR count). The van der Waals surface area contributed by atoms with Gasteiger partial charge in [0, 0.05) is 10.2 Å². The Labute approximate surface area is 131 Å². The van der Waals surface area contributed by atoms with E-state index >= 15 is 0 Å². The molecular formula is C14H14BrFN2O2S. The molecule has 0 saturated heterocycles. The van der Waals surface area contributed by atoms with Crippen molar-refractivity contribution in [2.45, 2.75) is 18.7 Å². The fourth-order valence-corrected chi connectivity index (χ4v) is 3.75. The number of nitrogens with one attached hydrogen (secondary N) is 1. The molecule has 0 saturated carbocycles. The van der Waals surface area contributed by atoms with Crippen molar-refractivity contribution < 1.29 is 12.8 Å². The molecule has 3 N–H and O–H groups in total. The first-order valence-electron chi connectivity index (χ1n) is 6.05. The van der Waals surface area contributed by atoms with E-state index in [-0.39, 0.29) is 4.90 Å². The van der Waals surface area contributed by atoms with Crippen molar-refractivity contribution in [1.82, 2.24) is 0 Å². The predicted octanol–water partition coefficient (Wildman–Crippen LogP) is 3.59. The molecule has 0 heterocycles. The van der Waals surface area contributed by atoms with Gasteiger partial charge in [-0.05, 0) is 71.2 Å². The Balaban J connectivity index is 2.46. The van der Waals surface area contributed by atoms with Crippen LogP contribution < -0.4 is 10.5 Å². The third kappa shape index (κ3) is 3.36. The standard InChI is InChI=1S/C14H14BrFN2O2S/c1-8-5-10(16)3-4-13(8)18-21(19,20)14-7-12(17)11(15)6-9(14)2/h3-7,18H,17H2,1-2H3. The van der Waals surface area contributed by atoms with Crippen LogP contribution in [0.15, 0.2) is 39.7 Å². The van der Waals surface area contributed by atoms with Gasteiger partial charge >= 0.3 is 0 Å². The van der Waals surface area contributed by atoms with Crippen LogP contribution in [0.3, 0.4) is 0 Å². The van der Waals surface area contributed by atoms with Gasteiger partial charge in [0.25, 0.3) is 10.0 Å². The number of benzene rings is 2. The van der Waals surface area contributed by atoms with Crippen molar-refractivity contribution in [2.24, 2.45) is 0 Å². The topological polar surface area (TPSA) is 72.2 Å². The van der Waals surface area contributed by atoms with Crippen molar-refractivity contribution in [1.29, 1.82) is 0 Å². The Hall–Kier alpha value is -1.60. The van der Waals surface area contributed by atoms with E-state index in [1.807, 2.05) is 0 Å². The summed E-state index contributed by atoms with van der Waals surface area (Å²) in [7, 11) is -3.79. The van der Waals surface area contributed by atoms with E-state index in [1.54, 1.807) is 19.9 Å². The first-order chi connectivity index (χ1) is 9.70. The summed E-state index contributed by atoms with van der Waals surface area (Å²) in [5.74, 6) is -0.417. The highest BCUT2D eigenvalue weighted by atomic mass is 79.9. The van der Waals surface area contributed by atoms with E-state index in [0.717, 1.165) is 0 Å². The summed E-state index contributed by atoms with van der Waals surface area (Å²) in [6.07, 6.45) is 0. The monoisotopic (exact) mass is 372 g/mol. The lowest BCUT2D eigenvalue weighted by atomic mass is 10.2. The maximum absolute atomic E-state index is 13.1. The van der Waals surface area contributed by atoms with Gasteiger partial charge < -0.3 is 5.73 Å². The summed E-state index contributed by atoms with van der Waals surface area (Å²) in [5.41, 5.74) is 7.46. The van der Waals surface area contributed by atoms with Gasteiger partial charge in [0.1, 0.15) is 5.82 Å². The highest BCUT2D eigenvalue weighted by Gasteiger charge is 2.19. The summed E-state index contributed by atoms with van der Waals surface area (Å²) >= 11 is 3.25. The maximum atomic E-state index is 13.1. The van der Waals surface area contributed by atoms with Gasteiger partial charge in [-0.15, -0.1) is 0 Å². The SMILES string of the molecule is Cc1cc(F)ccc1NS(=O)(=O)c1cc(N)c(Br)cc1C.